The van der Waals surface area contributed by atoms with Crippen molar-refractivity contribution < 1.29 is 22.4 Å². The Morgan fingerprint density at radius 2 is 2.23 bits per heavy atom. The molecular formula is C7H10O5S. The quantitative estimate of drug-likeness (QED) is 0.515. The molecular weight excluding hydrogens is 196 g/mol. The van der Waals surface area contributed by atoms with Crippen molar-refractivity contribution in [3.05, 3.63) is 0 Å². The average molecular weight is 206 g/mol. The van der Waals surface area contributed by atoms with E-state index in [4.69, 9.17) is 8.92 Å². The highest BCUT2D eigenvalue weighted by atomic mass is 32.2. The summed E-state index contributed by atoms with van der Waals surface area (Å²) in [6.45, 7) is 1.70. The van der Waals surface area contributed by atoms with E-state index in [1.807, 2.05) is 0 Å². The van der Waals surface area contributed by atoms with Crippen LogP contribution in [-0.4, -0.2) is 42.7 Å². The van der Waals surface area contributed by atoms with Gasteiger partial charge in [0.05, 0.1) is 6.10 Å². The summed E-state index contributed by atoms with van der Waals surface area (Å²) >= 11 is 0. The molecule has 13 heavy (non-hydrogen) atoms. The van der Waals surface area contributed by atoms with Crippen LogP contribution in [0.25, 0.3) is 0 Å². The minimum Gasteiger partial charge on any atom is -0.388 e. The summed E-state index contributed by atoms with van der Waals surface area (Å²) < 4.78 is 33.1. The zero-order valence-corrected chi connectivity index (χ0v) is 7.82. The van der Waals surface area contributed by atoms with Gasteiger partial charge in [0.1, 0.15) is 23.1 Å². The molecule has 2 bridgehead atoms. The Morgan fingerprint density at radius 1 is 1.54 bits per heavy atom. The van der Waals surface area contributed by atoms with Gasteiger partial charge in [-0.25, -0.2) is 0 Å². The van der Waals surface area contributed by atoms with Gasteiger partial charge < -0.3 is 9.84 Å². The lowest BCUT2D eigenvalue weighted by molar-refractivity contribution is 0.00109. The average Bonchev–Trinajstić information content (AvgIpc) is 2.49. The second-order valence-electron chi connectivity index (χ2n) is 4.06. The summed E-state index contributed by atoms with van der Waals surface area (Å²) in [6.07, 6.45) is -1.49. The lowest BCUT2D eigenvalue weighted by Gasteiger charge is -2.23. The Hall–Kier alpha value is -0.170. The van der Waals surface area contributed by atoms with Crippen LogP contribution in [0.1, 0.15) is 13.3 Å². The number of aliphatic hydroxyl groups excluding tert-OH is 1. The summed E-state index contributed by atoms with van der Waals surface area (Å²) in [5, 5.41) is 9.00. The molecule has 74 valence electrons. The Bertz CT molecular complexity index is 363. The van der Waals surface area contributed by atoms with Crippen LogP contribution >= 0.6 is 0 Å². The van der Waals surface area contributed by atoms with Crippen molar-refractivity contribution in [3.8, 4) is 0 Å². The monoisotopic (exact) mass is 206 g/mol. The van der Waals surface area contributed by atoms with E-state index in [2.05, 4.69) is 0 Å². The van der Waals surface area contributed by atoms with Crippen LogP contribution in [0.15, 0.2) is 0 Å². The fourth-order valence-corrected chi connectivity index (χ4v) is 4.57. The van der Waals surface area contributed by atoms with Gasteiger partial charge >= 0.3 is 0 Å². The highest BCUT2D eigenvalue weighted by molar-refractivity contribution is 7.87. The Kier molecular flexibility index (Phi) is 1.21. The summed E-state index contributed by atoms with van der Waals surface area (Å²) in [4.78, 5) is 0. The van der Waals surface area contributed by atoms with Gasteiger partial charge in [0.2, 0.25) is 0 Å². The summed E-state index contributed by atoms with van der Waals surface area (Å²) in [5.74, 6) is 0. The van der Waals surface area contributed by atoms with Gasteiger partial charge in [-0.3, -0.25) is 4.18 Å². The molecule has 5 unspecified atom stereocenters. The van der Waals surface area contributed by atoms with Gasteiger partial charge in [0, 0.05) is 0 Å². The molecule has 3 saturated heterocycles. The Morgan fingerprint density at radius 3 is 2.77 bits per heavy atom. The van der Waals surface area contributed by atoms with Crippen LogP contribution in [0.3, 0.4) is 0 Å². The molecule has 0 aromatic heterocycles. The molecule has 3 rings (SSSR count). The molecule has 0 aromatic carbocycles. The first kappa shape index (κ1) is 8.16. The van der Waals surface area contributed by atoms with Gasteiger partial charge in [0.25, 0.3) is 10.1 Å². The first-order valence-corrected chi connectivity index (χ1v) is 5.70. The maximum atomic E-state index is 11.4. The molecule has 0 spiro atoms. The SMILES string of the molecule is CC12OC3CC1S(=O)(=O)OC2C3O. The van der Waals surface area contributed by atoms with E-state index in [9.17, 15) is 13.5 Å². The van der Waals surface area contributed by atoms with Crippen LogP contribution in [0.2, 0.25) is 0 Å². The summed E-state index contributed by atoms with van der Waals surface area (Å²) in [6, 6.07) is 0. The number of hydrogen-bond acceptors (Lipinski definition) is 5. The number of rotatable bonds is 0. The zero-order chi connectivity index (χ0) is 9.43. The van der Waals surface area contributed by atoms with E-state index in [1.54, 1.807) is 6.92 Å². The fourth-order valence-electron chi connectivity index (χ4n) is 2.66. The Labute approximate surface area is 75.8 Å². The standard InChI is InChI=1S/C7H10O5S/c1-7-4-2-3(11-7)5(8)6(7)12-13(4,9)10/h3-6,8H,2H2,1H3. The van der Waals surface area contributed by atoms with Gasteiger partial charge in [-0.2, -0.15) is 8.42 Å². The molecule has 5 atom stereocenters. The maximum absolute atomic E-state index is 11.4. The second kappa shape index (κ2) is 1.93. The van der Waals surface area contributed by atoms with E-state index < -0.39 is 33.2 Å². The number of hydrogen-bond donors (Lipinski definition) is 1. The van der Waals surface area contributed by atoms with Crippen molar-refractivity contribution in [2.24, 2.45) is 0 Å². The van der Waals surface area contributed by atoms with Crippen LogP contribution < -0.4 is 0 Å². The van der Waals surface area contributed by atoms with Gasteiger partial charge in [0.15, 0.2) is 0 Å². The number of fused-ring (bicyclic) bond motifs is 1. The molecule has 0 aliphatic carbocycles. The first-order valence-electron chi connectivity index (χ1n) is 4.23. The zero-order valence-electron chi connectivity index (χ0n) is 7.00. The first-order chi connectivity index (χ1) is 5.95. The lowest BCUT2D eigenvalue weighted by atomic mass is 9.85. The number of aliphatic hydroxyl groups is 1. The molecule has 5 nitrogen and oxygen atoms in total. The summed E-state index contributed by atoms with van der Waals surface area (Å²) in [5.41, 5.74) is -0.817. The van der Waals surface area contributed by atoms with Crippen molar-refractivity contribution in [1.29, 1.82) is 0 Å². The molecule has 3 heterocycles. The third-order valence-electron chi connectivity index (χ3n) is 3.33. The minimum absolute atomic E-state index is 0.358. The second-order valence-corrected chi connectivity index (χ2v) is 5.81. The van der Waals surface area contributed by atoms with Gasteiger partial charge in [-0.05, 0) is 13.3 Å². The van der Waals surface area contributed by atoms with Crippen molar-refractivity contribution >= 4 is 10.1 Å². The maximum Gasteiger partial charge on any atom is 0.273 e. The topological polar surface area (TPSA) is 72.8 Å². The predicted octanol–water partition coefficient (Wildman–Crippen LogP) is -0.994. The third-order valence-corrected chi connectivity index (χ3v) is 5.17. The molecule has 0 aromatic rings. The smallest absolute Gasteiger partial charge is 0.273 e. The van der Waals surface area contributed by atoms with Crippen LogP contribution in [0.4, 0.5) is 0 Å². The van der Waals surface area contributed by atoms with E-state index in [0.717, 1.165) is 0 Å². The van der Waals surface area contributed by atoms with Crippen LogP contribution in [0.5, 0.6) is 0 Å². The highest BCUT2D eigenvalue weighted by Gasteiger charge is 2.72. The van der Waals surface area contributed by atoms with E-state index in [0.29, 0.717) is 6.42 Å². The molecule has 0 amide bonds. The van der Waals surface area contributed by atoms with Crippen LogP contribution in [0, 0.1) is 0 Å². The molecule has 3 aliphatic heterocycles. The van der Waals surface area contributed by atoms with Gasteiger partial charge in [-0.15, -0.1) is 0 Å². The lowest BCUT2D eigenvalue weighted by Crippen LogP contribution is -2.46. The normalized spacial score (nSPS) is 61.7. The molecule has 1 N–H and O–H groups in total. The molecule has 0 radical (unpaired) electrons. The highest BCUT2D eigenvalue weighted by Crippen LogP contribution is 2.53. The van der Waals surface area contributed by atoms with E-state index >= 15 is 0 Å². The van der Waals surface area contributed by atoms with Crippen molar-refractivity contribution in [1.82, 2.24) is 0 Å². The summed E-state index contributed by atoms with van der Waals surface area (Å²) in [7, 11) is -3.51. The van der Waals surface area contributed by atoms with Crippen molar-refractivity contribution in [3.63, 3.8) is 0 Å². The molecule has 6 heteroatoms. The molecule has 0 saturated carbocycles. The number of ether oxygens (including phenoxy) is 1. The van der Waals surface area contributed by atoms with Crippen molar-refractivity contribution in [2.45, 2.75) is 42.5 Å². The Balaban J connectivity index is 2.18. The molecule has 3 aliphatic rings. The minimum atomic E-state index is -3.51. The van der Waals surface area contributed by atoms with E-state index in [1.165, 1.54) is 0 Å². The predicted molar refractivity (Wildman–Crippen MR) is 41.5 cm³/mol. The fraction of sp³-hybridized carbons (Fsp3) is 1.00. The van der Waals surface area contributed by atoms with Crippen molar-refractivity contribution in [2.75, 3.05) is 0 Å². The van der Waals surface area contributed by atoms with E-state index in [-0.39, 0.29) is 6.10 Å². The van der Waals surface area contributed by atoms with Crippen LogP contribution in [-0.2, 0) is 19.0 Å². The van der Waals surface area contributed by atoms with Gasteiger partial charge in [-0.1, -0.05) is 0 Å². The molecule has 3 fully saturated rings. The third kappa shape index (κ3) is 0.721. The largest absolute Gasteiger partial charge is 0.388 e.